The first kappa shape index (κ1) is 15.9. The second-order valence-electron chi connectivity index (χ2n) is 5.24. The molecule has 0 amide bonds. The number of rotatable bonds is 6. The number of hydrogen-bond acceptors (Lipinski definition) is 2. The summed E-state index contributed by atoms with van der Waals surface area (Å²) < 4.78 is 6.03. The maximum atomic E-state index is 6.27. The van der Waals surface area contributed by atoms with Gasteiger partial charge in [-0.2, -0.15) is 0 Å². The molecule has 0 spiro atoms. The van der Waals surface area contributed by atoms with Crippen molar-refractivity contribution in [2.24, 2.45) is 5.73 Å². The van der Waals surface area contributed by atoms with E-state index in [4.69, 9.17) is 22.1 Å². The molecule has 0 fully saturated rings. The molecule has 0 aliphatic heterocycles. The highest BCUT2D eigenvalue weighted by atomic mass is 35.5. The van der Waals surface area contributed by atoms with E-state index in [9.17, 15) is 0 Å². The molecule has 0 saturated heterocycles. The zero-order valence-corrected chi connectivity index (χ0v) is 13.4. The SMILES string of the molecule is CCC(C)c1ccccc1Oc1ccc(CCN)c(Cl)c1. The topological polar surface area (TPSA) is 35.2 Å². The van der Waals surface area contributed by atoms with E-state index in [1.54, 1.807) is 0 Å². The van der Waals surface area contributed by atoms with Crippen molar-refractivity contribution < 1.29 is 4.74 Å². The summed E-state index contributed by atoms with van der Waals surface area (Å²) in [5.41, 5.74) is 7.85. The lowest BCUT2D eigenvalue weighted by Gasteiger charge is -2.16. The van der Waals surface area contributed by atoms with E-state index in [1.165, 1.54) is 5.56 Å². The minimum absolute atomic E-state index is 0.466. The molecule has 0 bridgehead atoms. The van der Waals surface area contributed by atoms with Gasteiger partial charge in [-0.15, -0.1) is 0 Å². The smallest absolute Gasteiger partial charge is 0.130 e. The highest BCUT2D eigenvalue weighted by Gasteiger charge is 2.11. The predicted octanol–water partition coefficient (Wildman–Crippen LogP) is 5.15. The van der Waals surface area contributed by atoms with Gasteiger partial charge in [0.25, 0.3) is 0 Å². The fraction of sp³-hybridized carbons (Fsp3) is 0.333. The molecule has 2 nitrogen and oxygen atoms in total. The van der Waals surface area contributed by atoms with Gasteiger partial charge in [0.2, 0.25) is 0 Å². The molecule has 2 aromatic rings. The van der Waals surface area contributed by atoms with Crippen molar-refractivity contribution in [1.29, 1.82) is 0 Å². The van der Waals surface area contributed by atoms with E-state index in [0.29, 0.717) is 17.5 Å². The molecule has 3 heteroatoms. The van der Waals surface area contributed by atoms with Gasteiger partial charge in [-0.25, -0.2) is 0 Å². The molecule has 2 N–H and O–H groups in total. The van der Waals surface area contributed by atoms with Crippen LogP contribution in [0.3, 0.4) is 0 Å². The summed E-state index contributed by atoms with van der Waals surface area (Å²) in [6, 6.07) is 14.0. The minimum Gasteiger partial charge on any atom is -0.457 e. The molecule has 21 heavy (non-hydrogen) atoms. The Balaban J connectivity index is 2.24. The second kappa shape index (κ2) is 7.48. The Morgan fingerprint density at radius 2 is 1.95 bits per heavy atom. The summed E-state index contributed by atoms with van der Waals surface area (Å²) in [5.74, 6) is 2.12. The summed E-state index contributed by atoms with van der Waals surface area (Å²) in [6.07, 6.45) is 1.86. The van der Waals surface area contributed by atoms with Crippen molar-refractivity contribution in [3.05, 3.63) is 58.6 Å². The molecule has 0 heterocycles. The first-order valence-electron chi connectivity index (χ1n) is 7.41. The normalized spacial score (nSPS) is 12.2. The van der Waals surface area contributed by atoms with E-state index >= 15 is 0 Å². The van der Waals surface area contributed by atoms with Crippen LogP contribution in [0.2, 0.25) is 5.02 Å². The van der Waals surface area contributed by atoms with Crippen molar-refractivity contribution >= 4 is 11.6 Å². The number of benzene rings is 2. The van der Waals surface area contributed by atoms with E-state index in [0.717, 1.165) is 29.9 Å². The Morgan fingerprint density at radius 1 is 1.19 bits per heavy atom. The Morgan fingerprint density at radius 3 is 2.62 bits per heavy atom. The first-order chi connectivity index (χ1) is 10.2. The Bertz CT molecular complexity index is 598. The zero-order chi connectivity index (χ0) is 15.2. The Hall–Kier alpha value is -1.51. The average molecular weight is 304 g/mol. The summed E-state index contributed by atoms with van der Waals surface area (Å²) >= 11 is 6.27. The first-order valence-corrected chi connectivity index (χ1v) is 7.78. The third-order valence-corrected chi connectivity index (χ3v) is 4.08. The number of ether oxygens (including phenoxy) is 1. The fourth-order valence-electron chi connectivity index (χ4n) is 2.28. The van der Waals surface area contributed by atoms with Crippen LogP contribution in [-0.2, 0) is 6.42 Å². The van der Waals surface area contributed by atoms with E-state index in [-0.39, 0.29) is 0 Å². The standard InChI is InChI=1S/C18H22ClNO/c1-3-13(2)16-6-4-5-7-18(16)21-15-9-8-14(10-11-20)17(19)12-15/h4-9,12-13H,3,10-11,20H2,1-2H3. The lowest BCUT2D eigenvalue weighted by atomic mass is 9.98. The summed E-state index contributed by atoms with van der Waals surface area (Å²) in [6.45, 7) is 4.98. The van der Waals surface area contributed by atoms with Crippen molar-refractivity contribution in [2.45, 2.75) is 32.6 Å². The van der Waals surface area contributed by atoms with Crippen molar-refractivity contribution in [1.82, 2.24) is 0 Å². The second-order valence-corrected chi connectivity index (χ2v) is 5.65. The molecule has 0 aliphatic rings. The van der Waals surface area contributed by atoms with Crippen LogP contribution < -0.4 is 10.5 Å². The van der Waals surface area contributed by atoms with Crippen LogP contribution in [0.5, 0.6) is 11.5 Å². The molecule has 2 aromatic carbocycles. The van der Waals surface area contributed by atoms with Crippen molar-refractivity contribution in [3.8, 4) is 11.5 Å². The molecule has 1 atom stereocenters. The quantitative estimate of drug-likeness (QED) is 0.801. The van der Waals surface area contributed by atoms with Crippen LogP contribution in [0, 0.1) is 0 Å². The van der Waals surface area contributed by atoms with Crippen molar-refractivity contribution in [2.75, 3.05) is 6.54 Å². The minimum atomic E-state index is 0.466. The molecule has 0 radical (unpaired) electrons. The average Bonchev–Trinajstić information content (AvgIpc) is 2.50. The van der Waals surface area contributed by atoms with Crippen LogP contribution in [0.4, 0.5) is 0 Å². The Kier molecular flexibility index (Phi) is 5.66. The maximum absolute atomic E-state index is 6.27. The molecule has 112 valence electrons. The Labute approximate surface area is 131 Å². The number of hydrogen-bond donors (Lipinski definition) is 1. The van der Waals surface area contributed by atoms with Gasteiger partial charge in [-0.3, -0.25) is 0 Å². The van der Waals surface area contributed by atoms with Gasteiger partial charge in [0.1, 0.15) is 11.5 Å². The third kappa shape index (κ3) is 3.99. The summed E-state index contributed by atoms with van der Waals surface area (Å²) in [4.78, 5) is 0. The lowest BCUT2D eigenvalue weighted by Crippen LogP contribution is -2.03. The molecule has 1 unspecified atom stereocenters. The zero-order valence-electron chi connectivity index (χ0n) is 12.6. The largest absolute Gasteiger partial charge is 0.457 e. The number of nitrogens with two attached hydrogens (primary N) is 1. The molecule has 2 rings (SSSR count). The van der Waals surface area contributed by atoms with Gasteiger partial charge in [0.05, 0.1) is 0 Å². The van der Waals surface area contributed by atoms with E-state index in [1.807, 2.05) is 36.4 Å². The monoisotopic (exact) mass is 303 g/mol. The highest BCUT2D eigenvalue weighted by molar-refractivity contribution is 6.31. The lowest BCUT2D eigenvalue weighted by molar-refractivity contribution is 0.470. The van der Waals surface area contributed by atoms with Gasteiger partial charge in [0.15, 0.2) is 0 Å². The molecule has 0 saturated carbocycles. The fourth-order valence-corrected chi connectivity index (χ4v) is 2.54. The van der Waals surface area contributed by atoms with E-state index < -0.39 is 0 Å². The van der Waals surface area contributed by atoms with Crippen LogP contribution in [0.25, 0.3) is 0 Å². The van der Waals surface area contributed by atoms with Gasteiger partial charge in [-0.05, 0) is 54.6 Å². The molecular weight excluding hydrogens is 282 g/mol. The van der Waals surface area contributed by atoms with E-state index in [2.05, 4.69) is 19.9 Å². The van der Waals surface area contributed by atoms with Crippen LogP contribution >= 0.6 is 11.6 Å². The van der Waals surface area contributed by atoms with Gasteiger partial charge < -0.3 is 10.5 Å². The van der Waals surface area contributed by atoms with Crippen LogP contribution in [0.15, 0.2) is 42.5 Å². The van der Waals surface area contributed by atoms with Gasteiger partial charge in [0, 0.05) is 5.02 Å². The van der Waals surface area contributed by atoms with Crippen LogP contribution in [0.1, 0.15) is 37.3 Å². The van der Waals surface area contributed by atoms with Gasteiger partial charge >= 0.3 is 0 Å². The molecular formula is C18H22ClNO. The van der Waals surface area contributed by atoms with Gasteiger partial charge in [-0.1, -0.05) is 49.7 Å². The molecule has 0 aromatic heterocycles. The maximum Gasteiger partial charge on any atom is 0.130 e. The number of halogens is 1. The van der Waals surface area contributed by atoms with Crippen LogP contribution in [-0.4, -0.2) is 6.54 Å². The summed E-state index contributed by atoms with van der Waals surface area (Å²) in [5, 5.41) is 0.707. The third-order valence-electron chi connectivity index (χ3n) is 3.73. The molecule has 0 aliphatic carbocycles. The number of para-hydroxylation sites is 1. The predicted molar refractivity (Wildman–Crippen MR) is 89.4 cm³/mol. The van der Waals surface area contributed by atoms with Crippen molar-refractivity contribution in [3.63, 3.8) is 0 Å². The summed E-state index contributed by atoms with van der Waals surface area (Å²) in [7, 11) is 0. The highest BCUT2D eigenvalue weighted by Crippen LogP contribution is 2.33.